The average Bonchev–Trinajstić information content (AvgIpc) is 2.91. The van der Waals surface area contributed by atoms with Crippen LogP contribution in [0, 0.1) is 0 Å². The Bertz CT molecular complexity index is 1430. The van der Waals surface area contributed by atoms with E-state index in [9.17, 15) is 4.79 Å². The molecule has 0 aliphatic carbocycles. The van der Waals surface area contributed by atoms with E-state index in [-0.39, 0.29) is 5.56 Å². The van der Waals surface area contributed by atoms with Crippen LogP contribution < -0.4 is 15.6 Å². The topological polar surface area (TPSA) is 68.6 Å². The van der Waals surface area contributed by atoms with E-state index >= 15 is 0 Å². The summed E-state index contributed by atoms with van der Waals surface area (Å²) in [5, 5.41) is 5.01. The molecular formula is C28H28Cl2N4O3. The lowest BCUT2D eigenvalue weighted by Crippen LogP contribution is -2.38. The number of benzene rings is 2. The smallest absolute Gasteiger partial charge is 0.259 e. The van der Waals surface area contributed by atoms with E-state index in [2.05, 4.69) is 15.2 Å². The Morgan fingerprint density at radius 2 is 1.78 bits per heavy atom. The minimum Gasteiger partial charge on any atom is -0.492 e. The van der Waals surface area contributed by atoms with Crippen LogP contribution in [0.4, 0.5) is 11.5 Å². The maximum absolute atomic E-state index is 13.4. The first-order chi connectivity index (χ1) is 18.0. The van der Waals surface area contributed by atoms with Crippen molar-refractivity contribution in [1.29, 1.82) is 0 Å². The lowest BCUT2D eigenvalue weighted by molar-refractivity contribution is 0.0322. The van der Waals surface area contributed by atoms with Crippen LogP contribution in [0.1, 0.15) is 6.92 Å². The van der Waals surface area contributed by atoms with Crippen LogP contribution in [0.15, 0.2) is 65.6 Å². The van der Waals surface area contributed by atoms with Crippen molar-refractivity contribution in [1.82, 2.24) is 14.5 Å². The molecule has 1 aliphatic heterocycles. The number of pyridine rings is 2. The van der Waals surface area contributed by atoms with Crippen molar-refractivity contribution in [3.63, 3.8) is 0 Å². The molecule has 1 aliphatic rings. The third-order valence-corrected chi connectivity index (χ3v) is 7.06. The maximum Gasteiger partial charge on any atom is 0.259 e. The van der Waals surface area contributed by atoms with Crippen LogP contribution in [0.3, 0.4) is 0 Å². The summed E-state index contributed by atoms with van der Waals surface area (Å²) in [4.78, 5) is 20.3. The number of hydrogen-bond donors (Lipinski definition) is 1. The fourth-order valence-corrected chi connectivity index (χ4v) is 5.09. The van der Waals surface area contributed by atoms with Gasteiger partial charge in [0.05, 0.1) is 34.3 Å². The van der Waals surface area contributed by atoms with Crippen LogP contribution >= 0.6 is 23.2 Å². The predicted octanol–water partition coefficient (Wildman–Crippen LogP) is 5.84. The Morgan fingerprint density at radius 3 is 2.49 bits per heavy atom. The molecule has 5 rings (SSSR count). The maximum atomic E-state index is 13.4. The number of hydrogen-bond acceptors (Lipinski definition) is 6. The van der Waals surface area contributed by atoms with Gasteiger partial charge in [0.1, 0.15) is 18.2 Å². The molecule has 0 spiro atoms. The molecule has 0 atom stereocenters. The molecule has 37 heavy (non-hydrogen) atoms. The second-order valence-electron chi connectivity index (χ2n) is 8.78. The van der Waals surface area contributed by atoms with Gasteiger partial charge in [-0.05, 0) is 49.4 Å². The van der Waals surface area contributed by atoms with Crippen molar-refractivity contribution in [2.75, 3.05) is 44.8 Å². The molecule has 7 nitrogen and oxygen atoms in total. The number of ether oxygens (including phenoxy) is 2. The number of halogens is 2. The minimum atomic E-state index is -0.152. The van der Waals surface area contributed by atoms with E-state index in [0.717, 1.165) is 55.2 Å². The molecule has 2 aromatic carbocycles. The zero-order valence-corrected chi connectivity index (χ0v) is 22.1. The molecule has 1 N–H and O–H groups in total. The van der Waals surface area contributed by atoms with Crippen LogP contribution in [-0.2, 0) is 11.3 Å². The van der Waals surface area contributed by atoms with Gasteiger partial charge in [0.2, 0.25) is 0 Å². The van der Waals surface area contributed by atoms with Gasteiger partial charge in [0.15, 0.2) is 0 Å². The molecule has 4 aromatic rings. The van der Waals surface area contributed by atoms with Gasteiger partial charge in [0, 0.05) is 55.1 Å². The normalized spacial score (nSPS) is 14.1. The number of anilines is 2. The van der Waals surface area contributed by atoms with Crippen LogP contribution in [-0.4, -0.2) is 53.9 Å². The van der Waals surface area contributed by atoms with Crippen molar-refractivity contribution >= 4 is 45.6 Å². The Morgan fingerprint density at radius 1 is 1.05 bits per heavy atom. The largest absolute Gasteiger partial charge is 0.492 e. The summed E-state index contributed by atoms with van der Waals surface area (Å²) in [7, 11) is 0. The highest BCUT2D eigenvalue weighted by Gasteiger charge is 2.16. The summed E-state index contributed by atoms with van der Waals surface area (Å²) >= 11 is 12.8. The van der Waals surface area contributed by atoms with Gasteiger partial charge in [-0.3, -0.25) is 9.69 Å². The average molecular weight is 539 g/mol. The molecule has 0 saturated carbocycles. The van der Waals surface area contributed by atoms with Crippen LogP contribution in [0.2, 0.25) is 10.0 Å². The molecular weight excluding hydrogens is 511 g/mol. The van der Waals surface area contributed by atoms with Gasteiger partial charge in [-0.1, -0.05) is 29.3 Å². The molecule has 1 saturated heterocycles. The third-order valence-electron chi connectivity index (χ3n) is 6.43. The molecule has 0 radical (unpaired) electrons. The monoisotopic (exact) mass is 538 g/mol. The summed E-state index contributed by atoms with van der Waals surface area (Å²) in [6.07, 6.45) is 1.75. The number of fused-ring (bicyclic) bond motifs is 1. The molecule has 2 aromatic heterocycles. The first kappa shape index (κ1) is 25.5. The molecule has 0 bridgehead atoms. The summed E-state index contributed by atoms with van der Waals surface area (Å²) in [5.41, 5.74) is 2.49. The molecule has 0 amide bonds. The highest BCUT2D eigenvalue weighted by atomic mass is 35.5. The van der Waals surface area contributed by atoms with Crippen molar-refractivity contribution in [2.24, 2.45) is 0 Å². The van der Waals surface area contributed by atoms with Gasteiger partial charge < -0.3 is 19.4 Å². The van der Waals surface area contributed by atoms with Gasteiger partial charge in [0.25, 0.3) is 5.56 Å². The fraction of sp³-hybridized carbons (Fsp3) is 0.286. The van der Waals surface area contributed by atoms with Crippen molar-refractivity contribution < 1.29 is 9.47 Å². The standard InChI is InChI=1S/C28H28Cl2N4O3/c1-2-34-25-17-26(31-18-19(25)16-22(28(34)35)27-23(29)4-3-5-24(27)30)32-20-6-8-21(9-7-20)37-15-12-33-10-13-36-14-11-33/h3-9,16-18H,2,10-15H2,1H3,(H,31,32). The second kappa shape index (κ2) is 11.5. The van der Waals surface area contributed by atoms with Gasteiger partial charge in [-0.2, -0.15) is 0 Å². The number of aromatic nitrogens is 2. The minimum absolute atomic E-state index is 0.152. The van der Waals surface area contributed by atoms with E-state index in [0.29, 0.717) is 40.1 Å². The molecule has 3 heterocycles. The zero-order valence-electron chi connectivity index (χ0n) is 20.5. The first-order valence-electron chi connectivity index (χ1n) is 12.3. The Hall–Kier alpha value is -3.10. The van der Waals surface area contributed by atoms with Crippen molar-refractivity contribution in [3.8, 4) is 16.9 Å². The van der Waals surface area contributed by atoms with Gasteiger partial charge in [-0.15, -0.1) is 0 Å². The fourth-order valence-electron chi connectivity index (χ4n) is 4.49. The summed E-state index contributed by atoms with van der Waals surface area (Å²) in [5.74, 6) is 1.45. The summed E-state index contributed by atoms with van der Waals surface area (Å²) in [6.45, 7) is 7.42. The predicted molar refractivity (Wildman–Crippen MR) is 150 cm³/mol. The van der Waals surface area contributed by atoms with E-state index in [1.165, 1.54) is 0 Å². The summed E-state index contributed by atoms with van der Waals surface area (Å²) in [6, 6.07) is 16.7. The Kier molecular flexibility index (Phi) is 7.96. The van der Waals surface area contributed by atoms with E-state index in [1.807, 2.05) is 37.3 Å². The lowest BCUT2D eigenvalue weighted by Gasteiger charge is -2.26. The van der Waals surface area contributed by atoms with Gasteiger partial charge >= 0.3 is 0 Å². The Labute approximate surface area is 225 Å². The number of aryl methyl sites for hydroxylation is 1. The highest BCUT2D eigenvalue weighted by molar-refractivity contribution is 6.39. The highest BCUT2D eigenvalue weighted by Crippen LogP contribution is 2.34. The van der Waals surface area contributed by atoms with Gasteiger partial charge in [-0.25, -0.2) is 4.98 Å². The number of nitrogens with one attached hydrogen (secondary N) is 1. The number of nitrogens with zero attached hydrogens (tertiary/aromatic N) is 3. The number of morpholine rings is 1. The van der Waals surface area contributed by atoms with Crippen LogP contribution in [0.25, 0.3) is 22.0 Å². The van der Waals surface area contributed by atoms with E-state index in [1.54, 1.807) is 35.0 Å². The van der Waals surface area contributed by atoms with E-state index in [4.69, 9.17) is 32.7 Å². The first-order valence-corrected chi connectivity index (χ1v) is 13.1. The molecule has 192 valence electrons. The van der Waals surface area contributed by atoms with Crippen molar-refractivity contribution in [3.05, 3.63) is 81.2 Å². The lowest BCUT2D eigenvalue weighted by atomic mass is 10.0. The van der Waals surface area contributed by atoms with E-state index < -0.39 is 0 Å². The third kappa shape index (κ3) is 5.75. The summed E-state index contributed by atoms with van der Waals surface area (Å²) < 4.78 is 13.0. The zero-order chi connectivity index (χ0) is 25.8. The van der Waals surface area contributed by atoms with Crippen LogP contribution in [0.5, 0.6) is 5.75 Å². The quantitative estimate of drug-likeness (QED) is 0.303. The van der Waals surface area contributed by atoms with Crippen molar-refractivity contribution in [2.45, 2.75) is 13.5 Å². The molecule has 9 heteroatoms. The Balaban J connectivity index is 1.33. The molecule has 1 fully saturated rings. The molecule has 0 unspecified atom stereocenters. The SMILES string of the molecule is CCn1c(=O)c(-c2c(Cl)cccc2Cl)cc2cnc(Nc3ccc(OCCN4CCOCC4)cc3)cc21. The number of rotatable bonds is 8. The second-order valence-corrected chi connectivity index (χ2v) is 9.60.